The number of unbranched alkanes of at least 4 members (excludes halogenated alkanes) is 1. The van der Waals surface area contributed by atoms with Gasteiger partial charge in [0.15, 0.2) is 0 Å². The first-order valence-electron chi connectivity index (χ1n) is 8.08. The van der Waals surface area contributed by atoms with Crippen molar-refractivity contribution >= 4 is 5.97 Å². The number of hydrogen-bond acceptors (Lipinski definition) is 3. The van der Waals surface area contributed by atoms with Crippen molar-refractivity contribution < 1.29 is 14.3 Å². The van der Waals surface area contributed by atoms with E-state index in [4.69, 9.17) is 9.47 Å². The average Bonchev–Trinajstić information content (AvgIpc) is 2.54. The smallest absolute Gasteiger partial charge is 0.338 e. The standard InChI is InChI=1S/C18H26O3/c1-3-4-5-14-6-10-17(11-7-14)21-18(19)15-8-12-16(20-2)13-9-15/h8-9,12-14,17H,3-7,10-11H2,1-2H3. The first-order chi connectivity index (χ1) is 10.2. The first kappa shape index (κ1) is 15.9. The van der Waals surface area contributed by atoms with E-state index in [1.807, 2.05) is 0 Å². The molecule has 0 amide bonds. The predicted octanol–water partition coefficient (Wildman–Crippen LogP) is 4.60. The molecule has 0 spiro atoms. The Hall–Kier alpha value is -1.51. The minimum absolute atomic E-state index is 0.0949. The highest BCUT2D eigenvalue weighted by Gasteiger charge is 2.23. The maximum Gasteiger partial charge on any atom is 0.338 e. The van der Waals surface area contributed by atoms with Crippen LogP contribution in [0.15, 0.2) is 24.3 Å². The average molecular weight is 290 g/mol. The van der Waals surface area contributed by atoms with Crippen LogP contribution in [-0.2, 0) is 4.74 Å². The van der Waals surface area contributed by atoms with Gasteiger partial charge in [-0.2, -0.15) is 0 Å². The topological polar surface area (TPSA) is 35.5 Å². The van der Waals surface area contributed by atoms with E-state index >= 15 is 0 Å². The molecule has 1 aromatic rings. The quantitative estimate of drug-likeness (QED) is 0.718. The number of ether oxygens (including phenoxy) is 2. The van der Waals surface area contributed by atoms with Gasteiger partial charge in [-0.1, -0.05) is 26.2 Å². The molecule has 2 rings (SSSR count). The number of methoxy groups -OCH3 is 1. The van der Waals surface area contributed by atoms with Crippen LogP contribution in [0.1, 0.15) is 62.2 Å². The zero-order valence-corrected chi connectivity index (χ0v) is 13.1. The van der Waals surface area contributed by atoms with Gasteiger partial charge < -0.3 is 9.47 Å². The van der Waals surface area contributed by atoms with Crippen LogP contribution in [0, 0.1) is 5.92 Å². The highest BCUT2D eigenvalue weighted by atomic mass is 16.5. The number of rotatable bonds is 6. The van der Waals surface area contributed by atoms with Crippen molar-refractivity contribution in [2.75, 3.05) is 7.11 Å². The molecule has 0 N–H and O–H groups in total. The van der Waals surface area contributed by atoms with Gasteiger partial charge in [0, 0.05) is 0 Å². The van der Waals surface area contributed by atoms with Crippen molar-refractivity contribution in [1.29, 1.82) is 0 Å². The molecule has 0 heterocycles. The number of hydrogen-bond donors (Lipinski definition) is 0. The molecule has 1 aliphatic carbocycles. The summed E-state index contributed by atoms with van der Waals surface area (Å²) in [6.45, 7) is 2.24. The van der Waals surface area contributed by atoms with Gasteiger partial charge in [0.1, 0.15) is 11.9 Å². The summed E-state index contributed by atoms with van der Waals surface area (Å²) in [6, 6.07) is 7.10. The molecule has 1 fully saturated rings. The molecule has 0 aliphatic heterocycles. The summed E-state index contributed by atoms with van der Waals surface area (Å²) in [5.41, 5.74) is 0.601. The number of carbonyl (C=O) groups excluding carboxylic acids is 1. The van der Waals surface area contributed by atoms with Gasteiger partial charge in [-0.25, -0.2) is 4.79 Å². The van der Waals surface area contributed by atoms with E-state index in [-0.39, 0.29) is 12.1 Å². The summed E-state index contributed by atoms with van der Waals surface area (Å²) in [6.07, 6.45) is 8.42. The fourth-order valence-electron chi connectivity index (χ4n) is 2.98. The molecule has 1 aliphatic rings. The largest absolute Gasteiger partial charge is 0.497 e. The second-order valence-corrected chi connectivity index (χ2v) is 5.92. The lowest BCUT2D eigenvalue weighted by Gasteiger charge is -2.28. The number of benzene rings is 1. The van der Waals surface area contributed by atoms with Crippen molar-refractivity contribution in [3.8, 4) is 5.75 Å². The Balaban J connectivity index is 1.78. The molecule has 3 nitrogen and oxygen atoms in total. The van der Waals surface area contributed by atoms with Crippen LogP contribution in [0.25, 0.3) is 0 Å². The predicted molar refractivity (Wildman–Crippen MR) is 83.7 cm³/mol. The molecule has 0 radical (unpaired) electrons. The Kier molecular flexibility index (Phi) is 6.09. The van der Waals surface area contributed by atoms with Crippen LogP contribution < -0.4 is 4.74 Å². The fourth-order valence-corrected chi connectivity index (χ4v) is 2.98. The third-order valence-electron chi connectivity index (χ3n) is 4.36. The summed E-state index contributed by atoms with van der Waals surface area (Å²) in [4.78, 5) is 12.1. The van der Waals surface area contributed by atoms with Gasteiger partial charge in [-0.3, -0.25) is 0 Å². The lowest BCUT2D eigenvalue weighted by atomic mass is 9.84. The molecule has 21 heavy (non-hydrogen) atoms. The molecular formula is C18H26O3. The summed E-state index contributed by atoms with van der Waals surface area (Å²) >= 11 is 0. The molecule has 3 heteroatoms. The number of carbonyl (C=O) groups is 1. The van der Waals surface area contributed by atoms with Crippen LogP contribution in [0.4, 0.5) is 0 Å². The molecule has 116 valence electrons. The Labute approximate surface area is 127 Å². The fraction of sp³-hybridized carbons (Fsp3) is 0.611. The zero-order valence-electron chi connectivity index (χ0n) is 13.1. The Morgan fingerprint density at radius 2 is 1.81 bits per heavy atom. The van der Waals surface area contributed by atoms with Gasteiger partial charge in [-0.05, 0) is 55.9 Å². The minimum Gasteiger partial charge on any atom is -0.497 e. The van der Waals surface area contributed by atoms with Crippen molar-refractivity contribution in [3.05, 3.63) is 29.8 Å². The third-order valence-corrected chi connectivity index (χ3v) is 4.36. The molecule has 0 bridgehead atoms. The highest BCUT2D eigenvalue weighted by Crippen LogP contribution is 2.30. The SMILES string of the molecule is CCCCC1CCC(OC(=O)c2ccc(OC)cc2)CC1. The Bertz CT molecular complexity index is 430. The molecule has 0 atom stereocenters. The molecule has 0 saturated heterocycles. The lowest BCUT2D eigenvalue weighted by Crippen LogP contribution is -2.24. The minimum atomic E-state index is -0.213. The molecule has 0 aromatic heterocycles. The molecular weight excluding hydrogens is 264 g/mol. The number of esters is 1. The second kappa shape index (κ2) is 8.06. The van der Waals surface area contributed by atoms with E-state index in [1.54, 1.807) is 31.4 Å². The summed E-state index contributed by atoms with van der Waals surface area (Å²) in [5.74, 6) is 1.37. The van der Waals surface area contributed by atoms with Crippen LogP contribution in [0.2, 0.25) is 0 Å². The van der Waals surface area contributed by atoms with E-state index in [1.165, 1.54) is 32.1 Å². The lowest BCUT2D eigenvalue weighted by molar-refractivity contribution is 0.0161. The summed E-state index contributed by atoms with van der Waals surface area (Å²) in [5, 5.41) is 0. The van der Waals surface area contributed by atoms with E-state index in [9.17, 15) is 4.79 Å². The van der Waals surface area contributed by atoms with E-state index in [0.717, 1.165) is 24.5 Å². The third kappa shape index (κ3) is 4.76. The summed E-state index contributed by atoms with van der Waals surface area (Å²) < 4.78 is 10.7. The summed E-state index contributed by atoms with van der Waals surface area (Å²) in [7, 11) is 1.62. The molecule has 1 saturated carbocycles. The van der Waals surface area contributed by atoms with E-state index < -0.39 is 0 Å². The normalized spacial score (nSPS) is 21.8. The van der Waals surface area contributed by atoms with Crippen LogP contribution in [0.5, 0.6) is 5.75 Å². The molecule has 1 aromatic carbocycles. The van der Waals surface area contributed by atoms with E-state index in [0.29, 0.717) is 5.56 Å². The maximum absolute atomic E-state index is 12.1. The van der Waals surface area contributed by atoms with Crippen molar-refractivity contribution in [1.82, 2.24) is 0 Å². The zero-order chi connectivity index (χ0) is 15.1. The first-order valence-corrected chi connectivity index (χ1v) is 8.08. The Morgan fingerprint density at radius 1 is 1.14 bits per heavy atom. The van der Waals surface area contributed by atoms with E-state index in [2.05, 4.69) is 6.92 Å². The van der Waals surface area contributed by atoms with Gasteiger partial charge in [-0.15, -0.1) is 0 Å². The van der Waals surface area contributed by atoms with Crippen LogP contribution in [0.3, 0.4) is 0 Å². The second-order valence-electron chi connectivity index (χ2n) is 5.92. The highest BCUT2D eigenvalue weighted by molar-refractivity contribution is 5.89. The van der Waals surface area contributed by atoms with Crippen LogP contribution in [-0.4, -0.2) is 19.2 Å². The van der Waals surface area contributed by atoms with Gasteiger partial charge in [0.05, 0.1) is 12.7 Å². The van der Waals surface area contributed by atoms with Gasteiger partial charge >= 0.3 is 5.97 Å². The van der Waals surface area contributed by atoms with Crippen LogP contribution >= 0.6 is 0 Å². The molecule has 0 unspecified atom stereocenters. The monoisotopic (exact) mass is 290 g/mol. The maximum atomic E-state index is 12.1. The Morgan fingerprint density at radius 3 is 2.38 bits per heavy atom. The van der Waals surface area contributed by atoms with Crippen molar-refractivity contribution in [3.63, 3.8) is 0 Å². The van der Waals surface area contributed by atoms with Crippen molar-refractivity contribution in [2.24, 2.45) is 5.92 Å². The van der Waals surface area contributed by atoms with Gasteiger partial charge in [0.2, 0.25) is 0 Å². The van der Waals surface area contributed by atoms with Crippen molar-refractivity contribution in [2.45, 2.75) is 58.0 Å². The van der Waals surface area contributed by atoms with Gasteiger partial charge in [0.25, 0.3) is 0 Å².